The van der Waals surface area contributed by atoms with Crippen LogP contribution in [0.3, 0.4) is 0 Å². The van der Waals surface area contributed by atoms with Crippen molar-refractivity contribution in [2.45, 2.75) is 6.61 Å². The standard InChI is InChI=1S/C9H6ClFOS/c10-7-1-2-8(11)6-3-5(4-12)13-9(6)7/h1-3,12H,4H2. The zero-order valence-electron chi connectivity index (χ0n) is 6.55. The maximum atomic E-state index is 13.2. The van der Waals surface area contributed by atoms with Gasteiger partial charge in [-0.15, -0.1) is 11.3 Å². The number of thiophene rings is 1. The molecule has 0 spiro atoms. The zero-order chi connectivity index (χ0) is 9.42. The first-order valence-corrected chi connectivity index (χ1v) is 4.89. The number of hydrogen-bond donors (Lipinski definition) is 1. The van der Waals surface area contributed by atoms with E-state index in [1.165, 1.54) is 23.5 Å². The van der Waals surface area contributed by atoms with Crippen molar-refractivity contribution in [2.24, 2.45) is 0 Å². The van der Waals surface area contributed by atoms with Gasteiger partial charge in [0.05, 0.1) is 16.3 Å². The Morgan fingerprint density at radius 2 is 2.23 bits per heavy atom. The number of aliphatic hydroxyl groups is 1. The second-order valence-corrected chi connectivity index (χ2v) is 4.19. The lowest BCUT2D eigenvalue weighted by Crippen LogP contribution is -1.74. The molecule has 4 heteroatoms. The van der Waals surface area contributed by atoms with Gasteiger partial charge in [-0.1, -0.05) is 11.6 Å². The minimum atomic E-state index is -0.296. The Labute approximate surface area is 83.4 Å². The molecule has 0 saturated carbocycles. The summed E-state index contributed by atoms with van der Waals surface area (Å²) in [6, 6.07) is 4.48. The van der Waals surface area contributed by atoms with Gasteiger partial charge in [-0.3, -0.25) is 0 Å². The Morgan fingerprint density at radius 1 is 1.46 bits per heavy atom. The predicted molar refractivity (Wildman–Crippen MR) is 52.7 cm³/mol. The molecule has 0 radical (unpaired) electrons. The Kier molecular flexibility index (Phi) is 2.24. The highest BCUT2D eigenvalue weighted by Gasteiger charge is 2.08. The fourth-order valence-electron chi connectivity index (χ4n) is 1.19. The van der Waals surface area contributed by atoms with E-state index in [0.29, 0.717) is 15.1 Å². The molecular weight excluding hydrogens is 211 g/mol. The topological polar surface area (TPSA) is 20.2 Å². The molecule has 0 unspecified atom stereocenters. The third-order valence-electron chi connectivity index (χ3n) is 1.79. The van der Waals surface area contributed by atoms with Crippen LogP contribution in [0.4, 0.5) is 4.39 Å². The first-order valence-electron chi connectivity index (χ1n) is 3.69. The molecule has 68 valence electrons. The van der Waals surface area contributed by atoms with Crippen molar-refractivity contribution >= 4 is 33.0 Å². The molecule has 1 aromatic carbocycles. The number of aliphatic hydroxyl groups excluding tert-OH is 1. The quantitative estimate of drug-likeness (QED) is 0.776. The van der Waals surface area contributed by atoms with Crippen LogP contribution in [0.1, 0.15) is 4.88 Å². The van der Waals surface area contributed by atoms with E-state index in [-0.39, 0.29) is 12.4 Å². The largest absolute Gasteiger partial charge is 0.391 e. The maximum Gasteiger partial charge on any atom is 0.131 e. The first kappa shape index (κ1) is 8.94. The van der Waals surface area contributed by atoms with Gasteiger partial charge in [-0.2, -0.15) is 0 Å². The van der Waals surface area contributed by atoms with Gasteiger partial charge in [0.25, 0.3) is 0 Å². The molecule has 1 N–H and O–H groups in total. The molecule has 13 heavy (non-hydrogen) atoms. The van der Waals surface area contributed by atoms with Crippen LogP contribution < -0.4 is 0 Å². The van der Waals surface area contributed by atoms with Crippen molar-refractivity contribution in [3.05, 3.63) is 33.9 Å². The summed E-state index contributed by atoms with van der Waals surface area (Å²) in [5.74, 6) is -0.296. The van der Waals surface area contributed by atoms with Gasteiger partial charge < -0.3 is 5.11 Å². The monoisotopic (exact) mass is 216 g/mol. The lowest BCUT2D eigenvalue weighted by atomic mass is 10.2. The van der Waals surface area contributed by atoms with Crippen LogP contribution in [0.15, 0.2) is 18.2 Å². The Balaban J connectivity index is 2.80. The van der Waals surface area contributed by atoms with Crippen molar-refractivity contribution in [1.29, 1.82) is 0 Å². The van der Waals surface area contributed by atoms with E-state index < -0.39 is 0 Å². The molecule has 0 atom stereocenters. The number of hydrogen-bond acceptors (Lipinski definition) is 2. The summed E-state index contributed by atoms with van der Waals surface area (Å²) >= 11 is 7.18. The van der Waals surface area contributed by atoms with Gasteiger partial charge in [-0.25, -0.2) is 4.39 Å². The van der Waals surface area contributed by atoms with Crippen molar-refractivity contribution < 1.29 is 9.50 Å². The van der Waals surface area contributed by atoms with Crippen LogP contribution in [0.2, 0.25) is 5.02 Å². The van der Waals surface area contributed by atoms with Gasteiger partial charge in [0, 0.05) is 10.3 Å². The van der Waals surface area contributed by atoms with Crippen LogP contribution in [0.5, 0.6) is 0 Å². The third-order valence-corrected chi connectivity index (χ3v) is 3.37. The molecule has 2 aromatic rings. The summed E-state index contributed by atoms with van der Waals surface area (Å²) < 4.78 is 13.9. The lowest BCUT2D eigenvalue weighted by molar-refractivity contribution is 0.285. The average Bonchev–Trinajstić information content (AvgIpc) is 2.56. The van der Waals surface area contributed by atoms with Crippen molar-refractivity contribution in [3.8, 4) is 0 Å². The zero-order valence-corrected chi connectivity index (χ0v) is 8.12. The number of fused-ring (bicyclic) bond motifs is 1. The molecule has 0 fully saturated rings. The number of benzene rings is 1. The van der Waals surface area contributed by atoms with Gasteiger partial charge >= 0.3 is 0 Å². The molecule has 0 amide bonds. The summed E-state index contributed by atoms with van der Waals surface area (Å²) in [7, 11) is 0. The van der Waals surface area contributed by atoms with E-state index in [9.17, 15) is 4.39 Å². The molecule has 0 aliphatic heterocycles. The summed E-state index contributed by atoms with van der Waals surface area (Å²) in [6.45, 7) is -0.0743. The number of halogens is 2. The lowest BCUT2D eigenvalue weighted by Gasteiger charge is -1.93. The van der Waals surface area contributed by atoms with Crippen LogP contribution in [0, 0.1) is 5.82 Å². The first-order chi connectivity index (χ1) is 6.22. The second kappa shape index (κ2) is 3.25. The van der Waals surface area contributed by atoms with Gasteiger partial charge in [-0.05, 0) is 18.2 Å². The van der Waals surface area contributed by atoms with Crippen LogP contribution in [-0.4, -0.2) is 5.11 Å². The van der Waals surface area contributed by atoms with Crippen molar-refractivity contribution in [1.82, 2.24) is 0 Å². The minimum Gasteiger partial charge on any atom is -0.391 e. The summed E-state index contributed by atoms with van der Waals surface area (Å²) in [5, 5.41) is 9.88. The second-order valence-electron chi connectivity index (χ2n) is 2.64. The van der Waals surface area contributed by atoms with Gasteiger partial charge in [0.15, 0.2) is 0 Å². The maximum absolute atomic E-state index is 13.2. The molecule has 0 aliphatic carbocycles. The summed E-state index contributed by atoms with van der Waals surface area (Å²) in [4.78, 5) is 0.724. The SMILES string of the molecule is OCc1cc2c(F)ccc(Cl)c2s1. The van der Waals surface area contributed by atoms with Crippen molar-refractivity contribution in [3.63, 3.8) is 0 Å². The molecule has 1 aromatic heterocycles. The molecular formula is C9H6ClFOS. The van der Waals surface area contributed by atoms with E-state index in [1.54, 1.807) is 6.07 Å². The molecule has 1 nitrogen and oxygen atoms in total. The Hall–Kier alpha value is -0.640. The van der Waals surface area contributed by atoms with Crippen LogP contribution in [0.25, 0.3) is 10.1 Å². The number of rotatable bonds is 1. The summed E-state index contributed by atoms with van der Waals surface area (Å²) in [5.41, 5.74) is 0. The van der Waals surface area contributed by atoms with Crippen LogP contribution >= 0.6 is 22.9 Å². The normalized spacial score (nSPS) is 11.0. The highest BCUT2D eigenvalue weighted by molar-refractivity contribution is 7.19. The average molecular weight is 217 g/mol. The predicted octanol–water partition coefficient (Wildman–Crippen LogP) is 3.19. The highest BCUT2D eigenvalue weighted by Crippen LogP contribution is 2.33. The van der Waals surface area contributed by atoms with Crippen molar-refractivity contribution in [2.75, 3.05) is 0 Å². The molecule has 0 bridgehead atoms. The highest BCUT2D eigenvalue weighted by atomic mass is 35.5. The van der Waals surface area contributed by atoms with E-state index in [0.717, 1.165) is 4.88 Å². The molecule has 0 saturated heterocycles. The smallest absolute Gasteiger partial charge is 0.131 e. The van der Waals surface area contributed by atoms with E-state index in [4.69, 9.17) is 16.7 Å². The van der Waals surface area contributed by atoms with E-state index in [2.05, 4.69) is 0 Å². The van der Waals surface area contributed by atoms with E-state index >= 15 is 0 Å². The van der Waals surface area contributed by atoms with Gasteiger partial charge in [0.2, 0.25) is 0 Å². The molecule has 2 rings (SSSR count). The molecule has 0 aliphatic rings. The molecule has 1 heterocycles. The third kappa shape index (κ3) is 1.43. The summed E-state index contributed by atoms with van der Waals surface area (Å²) in [6.07, 6.45) is 0. The van der Waals surface area contributed by atoms with Gasteiger partial charge in [0.1, 0.15) is 5.82 Å². The minimum absolute atomic E-state index is 0.0743. The van der Waals surface area contributed by atoms with Crippen LogP contribution in [-0.2, 0) is 6.61 Å². The Morgan fingerprint density at radius 3 is 2.85 bits per heavy atom. The van der Waals surface area contributed by atoms with E-state index in [1.807, 2.05) is 0 Å². The fraction of sp³-hybridized carbons (Fsp3) is 0.111. The Bertz CT molecular complexity index is 413. The fourth-order valence-corrected chi connectivity index (χ4v) is 2.40.